The zero-order valence-corrected chi connectivity index (χ0v) is 50.2. The number of ether oxygens (including phenoxy) is 2. The largest absolute Gasteiger partial charge is 0.442 e. The van der Waals surface area contributed by atoms with Gasteiger partial charge < -0.3 is 9.47 Å². The molecule has 0 unspecified atom stereocenters. The highest BCUT2D eigenvalue weighted by molar-refractivity contribution is 5.95. The van der Waals surface area contributed by atoms with E-state index in [4.69, 9.17) is 9.47 Å². The molecule has 1 aromatic rings. The lowest BCUT2D eigenvalue weighted by Crippen LogP contribution is -2.52. The number of unbranched alkanes of at least 4 members (excludes halogenated alkanes) is 2. The van der Waals surface area contributed by atoms with Gasteiger partial charge >= 0.3 is 11.9 Å². The predicted molar refractivity (Wildman–Crippen MR) is 317 cm³/mol. The van der Waals surface area contributed by atoms with Crippen LogP contribution in [0, 0.1) is 38.9 Å². The molecule has 80 heavy (non-hydrogen) atoms. The normalized spacial score (nSPS) is 34.4. The van der Waals surface area contributed by atoms with Crippen molar-refractivity contribution in [3.05, 3.63) is 84.0 Å². The molecule has 0 saturated heterocycles. The van der Waals surface area contributed by atoms with Crippen molar-refractivity contribution in [3.8, 4) is 0 Å². The first-order chi connectivity index (χ1) is 38.5. The van der Waals surface area contributed by atoms with E-state index < -0.39 is 22.0 Å². The van der Waals surface area contributed by atoms with E-state index in [2.05, 4.69) is 62.4 Å². The maximum absolute atomic E-state index is 15.2. The van der Waals surface area contributed by atoms with Crippen LogP contribution in [0.5, 0.6) is 0 Å². The van der Waals surface area contributed by atoms with Crippen molar-refractivity contribution >= 4 is 35.1 Å². The number of halogens is 1. The number of rotatable bonds is 28. The van der Waals surface area contributed by atoms with Crippen LogP contribution >= 0.6 is 0 Å². The minimum absolute atomic E-state index is 0.110. The molecule has 9 saturated carbocycles. The Morgan fingerprint density at radius 3 is 1.25 bits per heavy atom. The second-order valence-corrected chi connectivity index (χ2v) is 27.1. The zero-order valence-electron chi connectivity index (χ0n) is 50.2. The lowest BCUT2D eigenvalue weighted by Gasteiger charge is -2.58. The maximum atomic E-state index is 15.2. The number of carbonyl (C=O) groups is 6. The highest BCUT2D eigenvalue weighted by Crippen LogP contribution is 2.66. The summed E-state index contributed by atoms with van der Waals surface area (Å²) in [7, 11) is 0. The summed E-state index contributed by atoms with van der Waals surface area (Å²) in [5, 5.41) is 0. The van der Waals surface area contributed by atoms with E-state index in [0.29, 0.717) is 68.0 Å². The monoisotopic (exact) mass is 1100 g/mol. The van der Waals surface area contributed by atoms with Crippen LogP contribution in [0.4, 0.5) is 4.39 Å². The van der Waals surface area contributed by atoms with Gasteiger partial charge in [-0.2, -0.15) is 0 Å². The molecule has 6 bridgehead atoms. The van der Waals surface area contributed by atoms with Crippen molar-refractivity contribution in [1.29, 1.82) is 0 Å². The Hall–Kier alpha value is -4.27. The molecule has 1 aromatic carbocycles. The highest BCUT2D eigenvalue weighted by atomic mass is 19.1. The summed E-state index contributed by atoms with van der Waals surface area (Å²) < 4.78 is 24.5. The van der Waals surface area contributed by atoms with Crippen LogP contribution in [0.1, 0.15) is 264 Å². The van der Waals surface area contributed by atoms with Gasteiger partial charge in [-0.1, -0.05) is 96.0 Å². The average molecular weight is 1100 g/mol. The van der Waals surface area contributed by atoms with Crippen molar-refractivity contribution in [2.24, 2.45) is 38.9 Å². The van der Waals surface area contributed by atoms with Gasteiger partial charge in [0.05, 0.1) is 6.67 Å². The van der Waals surface area contributed by atoms with Gasteiger partial charge in [-0.15, -0.1) is 0 Å². The number of Topliss-reactive ketones (excluding diaryl/α,β-unsaturated/α-hetero) is 4. The minimum Gasteiger partial charge on any atom is -0.442 e. The Morgan fingerprint density at radius 1 is 0.475 bits per heavy atom. The maximum Gasteiger partial charge on any atom is 0.307 e. The molecule has 0 aromatic heterocycles. The van der Waals surface area contributed by atoms with Crippen LogP contribution in [0.2, 0.25) is 0 Å². The molecule has 9 heteroatoms. The number of esters is 2. The Labute approximate surface area is 481 Å². The highest BCUT2D eigenvalue weighted by Gasteiger charge is 2.59. The molecule has 12 rings (SSSR count). The first-order valence-electron chi connectivity index (χ1n) is 32.5. The fraction of sp³-hybridized carbons (Fsp3) is 0.718. The van der Waals surface area contributed by atoms with Crippen molar-refractivity contribution in [2.45, 2.75) is 276 Å². The summed E-state index contributed by atoms with van der Waals surface area (Å²) in [5.74, 6) is 1.08. The topological polar surface area (TPSA) is 121 Å². The van der Waals surface area contributed by atoms with Gasteiger partial charge in [0.1, 0.15) is 11.6 Å². The molecular weight excluding hydrogens is 1000 g/mol. The van der Waals surface area contributed by atoms with Gasteiger partial charge in [-0.05, 0) is 229 Å². The van der Waals surface area contributed by atoms with Gasteiger partial charge in [0, 0.05) is 62.2 Å². The lowest BCUT2D eigenvalue weighted by atomic mass is 9.46. The molecule has 11 aliphatic carbocycles. The van der Waals surface area contributed by atoms with Crippen molar-refractivity contribution < 1.29 is 42.6 Å². The summed E-state index contributed by atoms with van der Waals surface area (Å²) in [4.78, 5) is 80.6. The average Bonchev–Trinajstić information content (AvgIpc) is 3.69. The molecule has 8 nitrogen and oxygen atoms in total. The number of aryl methyl sites for hydroxylation is 1. The summed E-state index contributed by atoms with van der Waals surface area (Å²) >= 11 is 0. The number of ketones is 4. The standard InChI is InChI=1S/C49H70O7.C22H31FO/c1-5-9-13-40(51)48(55-42(53)11-7-3)31-27-46(28-32-48,44-21-15-37(16-22-44)17-23-44)35-39(50)36-47(45-24-18-38(19-25-45)20-26-45)29-33-49(34-30-47,41(52)14-10-6-2)56-43(54)12-8-4;1-2-20(24)9-10-21-11-14-22(15-12-21,16-13-21)19-7-5-18(6-8-19)4-3-17-23/h27-34,37-38H,5-26,35-36H2,1-4H3;5-8H,2-4,9-17H2,1H3. The van der Waals surface area contributed by atoms with Crippen molar-refractivity contribution in [1.82, 2.24) is 0 Å². The molecule has 0 amide bonds. The second kappa shape index (κ2) is 26.5. The predicted octanol–water partition coefficient (Wildman–Crippen LogP) is 17.1. The minimum atomic E-state index is -1.45. The van der Waals surface area contributed by atoms with E-state index in [9.17, 15) is 28.4 Å². The fourth-order valence-electron chi connectivity index (χ4n) is 16.8. The number of hydrogen-bond donors (Lipinski definition) is 0. The van der Waals surface area contributed by atoms with Crippen LogP contribution < -0.4 is 0 Å². The quantitative estimate of drug-likeness (QED) is 0.0601. The lowest BCUT2D eigenvalue weighted by molar-refractivity contribution is -0.159. The summed E-state index contributed by atoms with van der Waals surface area (Å²) in [6, 6.07) is 9.01. The van der Waals surface area contributed by atoms with E-state index in [1.807, 2.05) is 45.1 Å². The molecular formula is C71H101FO8. The van der Waals surface area contributed by atoms with Crippen LogP contribution in [0.3, 0.4) is 0 Å². The molecule has 440 valence electrons. The van der Waals surface area contributed by atoms with Crippen LogP contribution in [0.15, 0.2) is 72.9 Å². The Morgan fingerprint density at radius 2 is 0.887 bits per heavy atom. The number of hydrogen-bond acceptors (Lipinski definition) is 8. The van der Waals surface area contributed by atoms with E-state index in [-0.39, 0.29) is 59.6 Å². The number of fused-ring (bicyclic) bond motifs is 9. The van der Waals surface area contributed by atoms with Crippen LogP contribution in [-0.2, 0) is 50.1 Å². The van der Waals surface area contributed by atoms with Crippen molar-refractivity contribution in [3.63, 3.8) is 0 Å². The molecule has 0 aliphatic heterocycles. The third-order valence-electron chi connectivity index (χ3n) is 22.4. The van der Waals surface area contributed by atoms with Crippen LogP contribution in [-0.4, -0.2) is 52.9 Å². The first-order valence-corrected chi connectivity index (χ1v) is 32.5. The number of alkyl halides is 1. The molecule has 0 N–H and O–H groups in total. The van der Waals surface area contributed by atoms with E-state index in [1.54, 1.807) is 0 Å². The van der Waals surface area contributed by atoms with Crippen molar-refractivity contribution in [2.75, 3.05) is 6.67 Å². The van der Waals surface area contributed by atoms with Gasteiger partial charge in [-0.25, -0.2) is 0 Å². The molecule has 0 radical (unpaired) electrons. The van der Waals surface area contributed by atoms with E-state index in [1.165, 1.54) is 49.7 Å². The van der Waals surface area contributed by atoms with Crippen LogP contribution in [0.25, 0.3) is 0 Å². The zero-order chi connectivity index (χ0) is 57.1. The summed E-state index contributed by atoms with van der Waals surface area (Å²) in [5.41, 5.74) is -0.776. The van der Waals surface area contributed by atoms with Gasteiger partial charge in [-0.3, -0.25) is 33.2 Å². The smallest absolute Gasteiger partial charge is 0.307 e. The number of benzene rings is 1. The SMILES string of the molecule is CCC(=O)CCC12CCC(c3ccc(CCCF)cc3)(CC1)CC2.CCCCC(=O)C1(OC(=O)CCC)C=CC(CC(=O)CC2(C34CCC(CC3)CC4)C=CC(OC(=O)CCC)(C(=O)CCCC)C=C2)(C23CCC(CC2)CC3)C=C1. The van der Waals surface area contributed by atoms with Gasteiger partial charge in [0.2, 0.25) is 11.2 Å². The second-order valence-electron chi connectivity index (χ2n) is 27.1. The summed E-state index contributed by atoms with van der Waals surface area (Å²) in [6.45, 7) is 9.71. The third-order valence-corrected chi connectivity index (χ3v) is 22.4. The fourth-order valence-corrected chi connectivity index (χ4v) is 16.8. The summed E-state index contributed by atoms with van der Waals surface area (Å²) in [6.07, 6.45) is 46.9. The number of carbonyl (C=O) groups excluding carboxylic acids is 6. The van der Waals surface area contributed by atoms with Gasteiger partial charge in [0.15, 0.2) is 11.6 Å². The third kappa shape index (κ3) is 13.1. The molecule has 11 aliphatic rings. The first kappa shape index (κ1) is 61.8. The molecule has 0 atom stereocenters. The Bertz CT molecular complexity index is 2260. The Kier molecular flexibility index (Phi) is 20.5. The Balaban J connectivity index is 0.000000291. The molecule has 9 fully saturated rings. The number of allylic oxidation sites excluding steroid dienone is 4. The molecule has 0 spiro atoms. The molecule has 0 heterocycles. The van der Waals surface area contributed by atoms with E-state index in [0.717, 1.165) is 134 Å². The van der Waals surface area contributed by atoms with Gasteiger partial charge in [0.25, 0.3) is 0 Å². The van der Waals surface area contributed by atoms with E-state index >= 15 is 4.79 Å².